The molecule has 0 amide bonds. The first-order valence-electron chi connectivity index (χ1n) is 15.4. The van der Waals surface area contributed by atoms with Crippen LogP contribution in [0.2, 0.25) is 0 Å². The van der Waals surface area contributed by atoms with Crippen LogP contribution in [-0.4, -0.2) is 14.0 Å². The normalized spacial score (nSPS) is 16.7. The van der Waals surface area contributed by atoms with Crippen molar-refractivity contribution in [1.29, 1.82) is 0 Å². The maximum absolute atomic E-state index is 13.3. The smallest absolute Gasteiger partial charge is 0.206 e. The second kappa shape index (κ2) is 11.5. The van der Waals surface area contributed by atoms with E-state index in [2.05, 4.69) is 84.9 Å². The maximum Gasteiger partial charge on any atom is 0.206 e. The number of rotatable bonds is 11. The van der Waals surface area contributed by atoms with E-state index in [9.17, 15) is 8.42 Å². The molecule has 5 heteroatoms. The van der Waals surface area contributed by atoms with Crippen molar-refractivity contribution >= 4 is 9.84 Å². The molecule has 1 unspecified atom stereocenters. The summed E-state index contributed by atoms with van der Waals surface area (Å²) in [7, 11) is -3.60. The Balaban J connectivity index is 1.25. The zero-order valence-electron chi connectivity index (χ0n) is 26.5. The molecule has 226 valence electrons. The zero-order chi connectivity index (χ0) is 31.0. The molecule has 0 saturated carbocycles. The molecule has 1 aliphatic rings. The number of sulfone groups is 1. The van der Waals surface area contributed by atoms with Crippen LogP contribution in [0, 0.1) is 0 Å². The Bertz CT molecular complexity index is 1680. The van der Waals surface area contributed by atoms with E-state index >= 15 is 0 Å². The van der Waals surface area contributed by atoms with Crippen molar-refractivity contribution in [2.24, 2.45) is 0 Å². The van der Waals surface area contributed by atoms with Crippen molar-refractivity contribution in [3.05, 3.63) is 113 Å². The van der Waals surface area contributed by atoms with E-state index in [1.165, 1.54) is 16.7 Å². The second-order valence-electron chi connectivity index (χ2n) is 12.9. The van der Waals surface area contributed by atoms with Crippen molar-refractivity contribution in [3.63, 3.8) is 0 Å². The van der Waals surface area contributed by atoms with Crippen LogP contribution >= 0.6 is 0 Å². The fraction of sp³-hybridized carbons (Fsp3) is 0.368. The standard InChI is InChI=1S/C38H44O4S/c1-8-37(6)26-27-25-34(23-24-35(27)37)43(39,40)33-21-19-31(20-22-33)41-30-15-11-28(12-16-30)36(4,5)29-13-17-32(18-14-29)42-38(7,9-2)10-3/h11-25H,8-10,26H2,1-7H3. The predicted octanol–water partition coefficient (Wildman–Crippen LogP) is 9.82. The minimum atomic E-state index is -3.60. The topological polar surface area (TPSA) is 52.6 Å². The monoisotopic (exact) mass is 596 g/mol. The molecular formula is C38H44O4S. The van der Waals surface area contributed by atoms with Crippen LogP contribution in [0.3, 0.4) is 0 Å². The average Bonchev–Trinajstić information content (AvgIpc) is 3.01. The summed E-state index contributed by atoms with van der Waals surface area (Å²) in [4.78, 5) is 0.610. The molecule has 0 saturated heterocycles. The molecule has 4 aromatic rings. The van der Waals surface area contributed by atoms with Gasteiger partial charge >= 0.3 is 0 Å². The Morgan fingerprint density at radius 3 is 1.67 bits per heavy atom. The average molecular weight is 597 g/mol. The van der Waals surface area contributed by atoms with Crippen LogP contribution < -0.4 is 9.47 Å². The Hall–Kier alpha value is -3.57. The molecule has 4 nitrogen and oxygen atoms in total. The first-order valence-corrected chi connectivity index (χ1v) is 16.9. The van der Waals surface area contributed by atoms with Gasteiger partial charge in [0.2, 0.25) is 9.84 Å². The summed E-state index contributed by atoms with van der Waals surface area (Å²) in [5, 5.41) is 0. The molecule has 5 rings (SSSR count). The summed E-state index contributed by atoms with van der Waals surface area (Å²) in [6.07, 6.45) is 3.89. The van der Waals surface area contributed by atoms with Gasteiger partial charge < -0.3 is 9.47 Å². The molecular weight excluding hydrogens is 552 g/mol. The fourth-order valence-electron chi connectivity index (χ4n) is 5.88. The van der Waals surface area contributed by atoms with Gasteiger partial charge in [0.25, 0.3) is 0 Å². The van der Waals surface area contributed by atoms with E-state index in [-0.39, 0.29) is 21.3 Å². The highest BCUT2D eigenvalue weighted by Crippen LogP contribution is 2.44. The van der Waals surface area contributed by atoms with Gasteiger partial charge in [-0.05, 0) is 121 Å². The van der Waals surface area contributed by atoms with Gasteiger partial charge in [-0.25, -0.2) is 8.42 Å². The number of hydrogen-bond acceptors (Lipinski definition) is 4. The van der Waals surface area contributed by atoms with E-state index in [0.29, 0.717) is 16.4 Å². The van der Waals surface area contributed by atoms with Crippen molar-refractivity contribution in [2.45, 2.75) is 100 Å². The Kier molecular flexibility index (Phi) is 8.26. The molecule has 0 fully saturated rings. The van der Waals surface area contributed by atoms with Crippen molar-refractivity contribution in [2.75, 3.05) is 0 Å². The number of ether oxygens (including phenoxy) is 2. The minimum Gasteiger partial charge on any atom is -0.488 e. The third-order valence-corrected chi connectivity index (χ3v) is 11.5. The highest BCUT2D eigenvalue weighted by Gasteiger charge is 2.37. The summed E-state index contributed by atoms with van der Waals surface area (Å²) in [5.74, 6) is 2.17. The number of benzene rings is 4. The van der Waals surface area contributed by atoms with Crippen LogP contribution in [0.15, 0.2) is 101 Å². The SMILES string of the molecule is CCC(C)(CC)Oc1ccc(C(C)(C)c2ccc(Oc3ccc(S(=O)(=O)c4ccc5c(c4)CC5(C)CC)cc3)cc2)cc1. The van der Waals surface area contributed by atoms with E-state index in [1.54, 1.807) is 30.3 Å². The second-order valence-corrected chi connectivity index (χ2v) is 14.9. The molecule has 0 bridgehead atoms. The third-order valence-electron chi connectivity index (χ3n) is 9.78. The van der Waals surface area contributed by atoms with Crippen molar-refractivity contribution < 1.29 is 17.9 Å². The predicted molar refractivity (Wildman–Crippen MR) is 174 cm³/mol. The Labute approximate surface area is 258 Å². The number of hydrogen-bond donors (Lipinski definition) is 0. The molecule has 1 atom stereocenters. The summed E-state index contributed by atoms with van der Waals surface area (Å²) in [5.41, 5.74) is 4.57. The molecule has 43 heavy (non-hydrogen) atoms. The fourth-order valence-corrected chi connectivity index (χ4v) is 7.19. The highest BCUT2D eigenvalue weighted by molar-refractivity contribution is 7.91. The number of fused-ring (bicyclic) bond motifs is 1. The van der Waals surface area contributed by atoms with Gasteiger partial charge in [-0.15, -0.1) is 0 Å². The van der Waals surface area contributed by atoms with Crippen molar-refractivity contribution in [3.8, 4) is 17.2 Å². The molecule has 0 aromatic heterocycles. The van der Waals surface area contributed by atoms with Gasteiger partial charge in [-0.2, -0.15) is 0 Å². The van der Waals surface area contributed by atoms with Crippen molar-refractivity contribution in [1.82, 2.24) is 0 Å². The molecule has 4 aromatic carbocycles. The Morgan fingerprint density at radius 1 is 0.698 bits per heavy atom. The lowest BCUT2D eigenvalue weighted by Gasteiger charge is -2.41. The summed E-state index contributed by atoms with van der Waals surface area (Å²) in [6.45, 7) is 15.3. The van der Waals surface area contributed by atoms with Gasteiger partial charge in [0.15, 0.2) is 0 Å². The minimum absolute atomic E-state index is 0.152. The van der Waals surface area contributed by atoms with Gasteiger partial charge in [0.05, 0.1) is 9.79 Å². The highest BCUT2D eigenvalue weighted by atomic mass is 32.2. The Morgan fingerprint density at radius 2 is 1.19 bits per heavy atom. The lowest BCUT2D eigenvalue weighted by molar-refractivity contribution is 0.0802. The summed E-state index contributed by atoms with van der Waals surface area (Å²) in [6, 6.07) is 28.7. The van der Waals surface area contributed by atoms with Crippen LogP contribution in [0.4, 0.5) is 0 Å². The lowest BCUT2D eigenvalue weighted by Crippen LogP contribution is -2.35. The largest absolute Gasteiger partial charge is 0.488 e. The van der Waals surface area contributed by atoms with E-state index in [1.807, 2.05) is 24.3 Å². The quantitative estimate of drug-likeness (QED) is 0.173. The maximum atomic E-state index is 13.3. The van der Waals surface area contributed by atoms with Gasteiger partial charge in [-0.1, -0.05) is 71.9 Å². The van der Waals surface area contributed by atoms with Gasteiger partial charge in [0.1, 0.15) is 22.8 Å². The molecule has 0 N–H and O–H groups in total. The molecule has 1 aliphatic carbocycles. The van der Waals surface area contributed by atoms with Crippen LogP contribution in [0.25, 0.3) is 0 Å². The summed E-state index contributed by atoms with van der Waals surface area (Å²) < 4.78 is 39.0. The first kappa shape index (κ1) is 30.9. The molecule has 0 heterocycles. The third kappa shape index (κ3) is 5.97. The zero-order valence-corrected chi connectivity index (χ0v) is 27.3. The first-order chi connectivity index (χ1) is 20.3. The lowest BCUT2D eigenvalue weighted by atomic mass is 9.64. The van der Waals surface area contributed by atoms with Crippen LogP contribution in [0.5, 0.6) is 17.2 Å². The van der Waals surface area contributed by atoms with E-state index < -0.39 is 9.84 Å². The van der Waals surface area contributed by atoms with Crippen LogP contribution in [-0.2, 0) is 27.1 Å². The van der Waals surface area contributed by atoms with Crippen LogP contribution in [0.1, 0.15) is 90.0 Å². The van der Waals surface area contributed by atoms with Gasteiger partial charge in [0, 0.05) is 5.41 Å². The van der Waals surface area contributed by atoms with E-state index in [4.69, 9.17) is 9.47 Å². The molecule has 0 radical (unpaired) electrons. The van der Waals surface area contributed by atoms with Gasteiger partial charge in [-0.3, -0.25) is 0 Å². The van der Waals surface area contributed by atoms with E-state index in [0.717, 1.165) is 37.0 Å². The molecule has 0 spiro atoms. The molecule has 0 aliphatic heterocycles. The summed E-state index contributed by atoms with van der Waals surface area (Å²) >= 11 is 0.